The van der Waals surface area contributed by atoms with Crippen molar-refractivity contribution < 1.29 is 9.59 Å². The molecule has 1 atom stereocenters. The second-order valence-corrected chi connectivity index (χ2v) is 6.10. The average Bonchev–Trinajstić information content (AvgIpc) is 2.60. The Kier molecular flexibility index (Phi) is 4.32. The summed E-state index contributed by atoms with van der Waals surface area (Å²) in [4.78, 5) is 41.1. The van der Waals surface area contributed by atoms with Gasteiger partial charge in [0.25, 0.3) is 0 Å². The average molecular weight is 313 g/mol. The van der Waals surface area contributed by atoms with E-state index in [-0.39, 0.29) is 23.3 Å². The molecule has 0 bridgehead atoms. The minimum Gasteiger partial charge on any atom is -0.291 e. The minimum atomic E-state index is -1.02. The molecule has 0 saturated heterocycles. The number of Topliss-reactive ketones (excluding diaryl/α,β-unsaturated/α-hetero) is 2. The standard InChI is InChI=1S/C17H19N3O3/c1-20(19-23)15-14(18-11-7-3-2-4-8-11)16(21)12-9-5-6-10-13(12)17(15)22/h5-6,9-11,15H,2-4,7-8H2,1H3/t15-/m1/s1. The van der Waals surface area contributed by atoms with Gasteiger partial charge in [0.2, 0.25) is 5.78 Å². The quantitative estimate of drug-likeness (QED) is 0.635. The van der Waals surface area contributed by atoms with Gasteiger partial charge in [-0.2, -0.15) is 0 Å². The zero-order valence-corrected chi connectivity index (χ0v) is 13.1. The van der Waals surface area contributed by atoms with Crippen molar-refractivity contribution in [3.05, 3.63) is 40.3 Å². The van der Waals surface area contributed by atoms with Gasteiger partial charge in [-0.3, -0.25) is 14.6 Å². The Labute approximate surface area is 134 Å². The van der Waals surface area contributed by atoms with Gasteiger partial charge in [-0.05, 0) is 12.8 Å². The lowest BCUT2D eigenvalue weighted by molar-refractivity contribution is 0.0874. The van der Waals surface area contributed by atoms with Gasteiger partial charge in [-0.25, -0.2) is 5.01 Å². The summed E-state index contributed by atoms with van der Waals surface area (Å²) in [5.74, 6) is -0.567. The molecule has 2 aliphatic rings. The van der Waals surface area contributed by atoms with Crippen LogP contribution < -0.4 is 0 Å². The number of nitroso groups, excluding NO2 is 1. The molecule has 1 aromatic rings. The van der Waals surface area contributed by atoms with E-state index < -0.39 is 6.04 Å². The van der Waals surface area contributed by atoms with Crippen LogP contribution in [0.2, 0.25) is 0 Å². The summed E-state index contributed by atoms with van der Waals surface area (Å²) in [6.07, 6.45) is 5.16. The minimum absolute atomic E-state index is 0.0447. The largest absolute Gasteiger partial charge is 0.291 e. The fourth-order valence-electron chi connectivity index (χ4n) is 3.36. The zero-order valence-electron chi connectivity index (χ0n) is 13.1. The molecular formula is C17H19N3O3. The third-order valence-corrected chi connectivity index (χ3v) is 4.58. The molecular weight excluding hydrogens is 294 g/mol. The first kappa shape index (κ1) is 15.5. The van der Waals surface area contributed by atoms with E-state index in [4.69, 9.17) is 0 Å². The lowest BCUT2D eigenvalue weighted by Gasteiger charge is -2.29. The van der Waals surface area contributed by atoms with Crippen molar-refractivity contribution >= 4 is 17.3 Å². The second-order valence-electron chi connectivity index (χ2n) is 6.10. The first-order chi connectivity index (χ1) is 11.1. The van der Waals surface area contributed by atoms with Gasteiger partial charge in [-0.1, -0.05) is 43.5 Å². The molecule has 0 spiro atoms. The van der Waals surface area contributed by atoms with Crippen LogP contribution in [0.5, 0.6) is 0 Å². The molecule has 1 saturated carbocycles. The summed E-state index contributed by atoms with van der Waals surface area (Å²) < 4.78 is 0. The van der Waals surface area contributed by atoms with E-state index in [0.29, 0.717) is 11.1 Å². The van der Waals surface area contributed by atoms with Crippen LogP contribution >= 0.6 is 0 Å². The van der Waals surface area contributed by atoms with Gasteiger partial charge < -0.3 is 0 Å². The van der Waals surface area contributed by atoms with Crippen molar-refractivity contribution in [2.45, 2.75) is 44.2 Å². The summed E-state index contributed by atoms with van der Waals surface area (Å²) in [7, 11) is 1.41. The molecule has 0 radical (unpaired) electrons. The van der Waals surface area contributed by atoms with Crippen LogP contribution in [0.25, 0.3) is 0 Å². The molecule has 1 aromatic carbocycles. The molecule has 120 valence electrons. The van der Waals surface area contributed by atoms with E-state index in [1.54, 1.807) is 24.3 Å². The van der Waals surface area contributed by atoms with Crippen molar-refractivity contribution in [2.24, 2.45) is 10.3 Å². The maximum absolute atomic E-state index is 12.8. The van der Waals surface area contributed by atoms with Crippen LogP contribution in [0.4, 0.5) is 0 Å². The smallest absolute Gasteiger partial charge is 0.210 e. The number of rotatable bonds is 3. The van der Waals surface area contributed by atoms with Gasteiger partial charge in [-0.15, -0.1) is 4.91 Å². The lowest BCUT2D eigenvalue weighted by atomic mass is 9.84. The van der Waals surface area contributed by atoms with E-state index in [2.05, 4.69) is 10.3 Å². The monoisotopic (exact) mass is 313 g/mol. The topological polar surface area (TPSA) is 79.2 Å². The number of benzene rings is 1. The molecule has 3 rings (SSSR count). The Morgan fingerprint density at radius 3 is 2.35 bits per heavy atom. The lowest BCUT2D eigenvalue weighted by Crippen LogP contribution is -2.49. The first-order valence-electron chi connectivity index (χ1n) is 7.95. The predicted molar refractivity (Wildman–Crippen MR) is 86.8 cm³/mol. The summed E-state index contributed by atoms with van der Waals surface area (Å²) in [6.45, 7) is 0. The fraction of sp³-hybridized carbons (Fsp3) is 0.471. The van der Waals surface area contributed by atoms with Crippen molar-refractivity contribution in [3.63, 3.8) is 0 Å². The van der Waals surface area contributed by atoms with E-state index in [1.165, 1.54) is 13.5 Å². The number of aliphatic imine (C=N–C) groups is 1. The van der Waals surface area contributed by atoms with Crippen molar-refractivity contribution in [1.29, 1.82) is 0 Å². The maximum atomic E-state index is 12.8. The number of fused-ring (bicyclic) bond motifs is 1. The fourth-order valence-corrected chi connectivity index (χ4v) is 3.36. The molecule has 2 aliphatic carbocycles. The number of carbonyl (C=O) groups is 2. The highest BCUT2D eigenvalue weighted by Crippen LogP contribution is 2.26. The van der Waals surface area contributed by atoms with Gasteiger partial charge in [0.1, 0.15) is 5.71 Å². The highest BCUT2D eigenvalue weighted by molar-refractivity contribution is 6.55. The van der Waals surface area contributed by atoms with Crippen LogP contribution in [-0.2, 0) is 0 Å². The normalized spacial score (nSPS) is 23.7. The van der Waals surface area contributed by atoms with Crippen molar-refractivity contribution in [1.82, 2.24) is 5.01 Å². The highest BCUT2D eigenvalue weighted by Gasteiger charge is 2.41. The Morgan fingerprint density at radius 1 is 1.04 bits per heavy atom. The molecule has 23 heavy (non-hydrogen) atoms. The molecule has 0 heterocycles. The Morgan fingerprint density at radius 2 is 1.70 bits per heavy atom. The van der Waals surface area contributed by atoms with Crippen LogP contribution in [0, 0.1) is 4.91 Å². The Balaban J connectivity index is 2.07. The van der Waals surface area contributed by atoms with Gasteiger partial charge in [0, 0.05) is 18.2 Å². The van der Waals surface area contributed by atoms with Crippen LogP contribution in [-0.4, -0.2) is 41.4 Å². The molecule has 1 fully saturated rings. The van der Waals surface area contributed by atoms with E-state index in [9.17, 15) is 14.5 Å². The third-order valence-electron chi connectivity index (χ3n) is 4.58. The van der Waals surface area contributed by atoms with Crippen LogP contribution in [0.15, 0.2) is 34.5 Å². The van der Waals surface area contributed by atoms with Gasteiger partial charge >= 0.3 is 0 Å². The number of ketones is 2. The van der Waals surface area contributed by atoms with Gasteiger partial charge in [0.05, 0.1) is 11.3 Å². The van der Waals surface area contributed by atoms with Crippen molar-refractivity contribution in [3.8, 4) is 0 Å². The van der Waals surface area contributed by atoms with E-state index in [1.807, 2.05) is 0 Å². The van der Waals surface area contributed by atoms with Crippen LogP contribution in [0.3, 0.4) is 0 Å². The summed E-state index contributed by atoms with van der Waals surface area (Å²) in [6, 6.07) is 5.71. The summed E-state index contributed by atoms with van der Waals surface area (Å²) in [5, 5.41) is 3.84. The zero-order chi connectivity index (χ0) is 16.4. The molecule has 6 heteroatoms. The number of hydrogen-bond donors (Lipinski definition) is 0. The molecule has 0 N–H and O–H groups in total. The number of carbonyl (C=O) groups excluding carboxylic acids is 2. The highest BCUT2D eigenvalue weighted by atomic mass is 16.3. The SMILES string of the molecule is CN(N=O)[C@H]1C(=O)c2ccccc2C(=O)C1=NC1CCCCC1. The second kappa shape index (κ2) is 6.40. The number of likely N-dealkylation sites (N-methyl/N-ethyl adjacent to an activating group) is 1. The predicted octanol–water partition coefficient (Wildman–Crippen LogP) is 2.82. The van der Waals surface area contributed by atoms with Crippen molar-refractivity contribution in [2.75, 3.05) is 7.05 Å². The Bertz CT molecular complexity index is 677. The molecule has 0 aliphatic heterocycles. The molecule has 6 nitrogen and oxygen atoms in total. The van der Waals surface area contributed by atoms with Crippen LogP contribution in [0.1, 0.15) is 52.8 Å². The number of nitrogens with zero attached hydrogens (tertiary/aromatic N) is 3. The Hall–Kier alpha value is -2.37. The summed E-state index contributed by atoms with van der Waals surface area (Å²) in [5.41, 5.74) is 0.853. The van der Waals surface area contributed by atoms with E-state index >= 15 is 0 Å². The summed E-state index contributed by atoms with van der Waals surface area (Å²) >= 11 is 0. The maximum Gasteiger partial charge on any atom is 0.210 e. The third kappa shape index (κ3) is 2.81. The number of hydrogen-bond acceptors (Lipinski definition) is 5. The molecule has 0 aromatic heterocycles. The van der Waals surface area contributed by atoms with E-state index in [0.717, 1.165) is 30.7 Å². The molecule has 0 amide bonds. The molecule has 0 unspecified atom stereocenters. The first-order valence-corrected chi connectivity index (χ1v) is 7.95. The van der Waals surface area contributed by atoms with Gasteiger partial charge in [0.15, 0.2) is 11.8 Å².